The van der Waals surface area contributed by atoms with Crippen LogP contribution in [0.4, 0.5) is 0 Å². The van der Waals surface area contributed by atoms with Gasteiger partial charge in [-0.15, -0.1) is 0 Å². The minimum absolute atomic E-state index is 0.445. The highest BCUT2D eigenvalue weighted by Crippen LogP contribution is 2.28. The maximum atomic E-state index is 5.82. The lowest BCUT2D eigenvalue weighted by Crippen LogP contribution is -2.28. The SMILES string of the molecule is COc1cccc2cc(CNC3CCOC3)oc12. The average Bonchev–Trinajstić information content (AvgIpc) is 3.04. The smallest absolute Gasteiger partial charge is 0.176 e. The van der Waals surface area contributed by atoms with Crippen molar-refractivity contribution in [2.75, 3.05) is 20.3 Å². The van der Waals surface area contributed by atoms with Crippen LogP contribution in [0.25, 0.3) is 11.0 Å². The average molecular weight is 247 g/mol. The van der Waals surface area contributed by atoms with Gasteiger partial charge in [0, 0.05) is 18.0 Å². The standard InChI is InChI=1S/C14H17NO3/c1-16-13-4-2-3-10-7-12(18-14(10)13)8-15-11-5-6-17-9-11/h2-4,7,11,15H,5-6,8-9H2,1H3. The quantitative estimate of drug-likeness (QED) is 0.900. The van der Waals surface area contributed by atoms with Crippen molar-refractivity contribution in [1.29, 1.82) is 0 Å². The van der Waals surface area contributed by atoms with E-state index in [-0.39, 0.29) is 0 Å². The van der Waals surface area contributed by atoms with Gasteiger partial charge in [0.05, 0.1) is 20.3 Å². The Labute approximate surface area is 106 Å². The Hall–Kier alpha value is -1.52. The predicted octanol–water partition coefficient (Wildman–Crippen LogP) is 2.32. The second-order valence-corrected chi connectivity index (χ2v) is 4.53. The first-order chi connectivity index (χ1) is 8.86. The van der Waals surface area contributed by atoms with Crippen molar-refractivity contribution in [3.05, 3.63) is 30.0 Å². The second kappa shape index (κ2) is 5.00. The number of methoxy groups -OCH3 is 1. The maximum Gasteiger partial charge on any atom is 0.176 e. The molecule has 1 aliphatic rings. The van der Waals surface area contributed by atoms with E-state index in [9.17, 15) is 0 Å². The van der Waals surface area contributed by atoms with E-state index in [1.54, 1.807) is 7.11 Å². The van der Waals surface area contributed by atoms with Crippen molar-refractivity contribution in [2.45, 2.75) is 19.0 Å². The third-order valence-corrected chi connectivity index (χ3v) is 3.27. The molecule has 18 heavy (non-hydrogen) atoms. The Kier molecular flexibility index (Phi) is 3.21. The summed E-state index contributed by atoms with van der Waals surface area (Å²) in [4.78, 5) is 0. The molecule has 4 nitrogen and oxygen atoms in total. The van der Waals surface area contributed by atoms with Gasteiger partial charge in [-0.25, -0.2) is 0 Å². The van der Waals surface area contributed by atoms with E-state index in [0.29, 0.717) is 6.04 Å². The fourth-order valence-corrected chi connectivity index (χ4v) is 2.28. The molecule has 4 heteroatoms. The Morgan fingerprint density at radius 1 is 1.44 bits per heavy atom. The second-order valence-electron chi connectivity index (χ2n) is 4.53. The third kappa shape index (κ3) is 2.21. The first-order valence-corrected chi connectivity index (χ1v) is 6.23. The summed E-state index contributed by atoms with van der Waals surface area (Å²) in [7, 11) is 1.66. The van der Waals surface area contributed by atoms with Gasteiger partial charge in [0.1, 0.15) is 5.76 Å². The van der Waals surface area contributed by atoms with E-state index >= 15 is 0 Å². The van der Waals surface area contributed by atoms with Crippen LogP contribution in [0.2, 0.25) is 0 Å². The highest BCUT2D eigenvalue weighted by atomic mass is 16.5. The Morgan fingerprint density at radius 3 is 3.17 bits per heavy atom. The maximum absolute atomic E-state index is 5.82. The largest absolute Gasteiger partial charge is 0.493 e. The van der Waals surface area contributed by atoms with Gasteiger partial charge < -0.3 is 19.2 Å². The van der Waals surface area contributed by atoms with Crippen LogP contribution in [0.3, 0.4) is 0 Å². The van der Waals surface area contributed by atoms with Crippen molar-refractivity contribution in [3.63, 3.8) is 0 Å². The van der Waals surface area contributed by atoms with Crippen molar-refractivity contribution in [3.8, 4) is 5.75 Å². The summed E-state index contributed by atoms with van der Waals surface area (Å²) in [6.45, 7) is 2.38. The van der Waals surface area contributed by atoms with E-state index in [1.165, 1.54) is 0 Å². The lowest BCUT2D eigenvalue weighted by atomic mass is 10.2. The minimum atomic E-state index is 0.445. The van der Waals surface area contributed by atoms with Gasteiger partial charge in [-0.05, 0) is 18.6 Å². The normalized spacial score (nSPS) is 19.5. The van der Waals surface area contributed by atoms with Crippen LogP contribution in [-0.2, 0) is 11.3 Å². The number of nitrogens with one attached hydrogen (secondary N) is 1. The summed E-state index contributed by atoms with van der Waals surface area (Å²) < 4.78 is 16.4. The monoisotopic (exact) mass is 247 g/mol. The van der Waals surface area contributed by atoms with Crippen LogP contribution in [0.1, 0.15) is 12.2 Å². The van der Waals surface area contributed by atoms with E-state index < -0.39 is 0 Å². The molecule has 0 spiro atoms. The molecule has 0 amide bonds. The molecule has 0 saturated carbocycles. The molecule has 1 aromatic carbocycles. The van der Waals surface area contributed by atoms with Gasteiger partial charge in [-0.1, -0.05) is 12.1 Å². The number of fused-ring (bicyclic) bond motifs is 1. The van der Waals surface area contributed by atoms with Gasteiger partial charge in [-0.2, -0.15) is 0 Å². The van der Waals surface area contributed by atoms with Gasteiger partial charge in [-0.3, -0.25) is 0 Å². The van der Waals surface area contributed by atoms with E-state index in [1.807, 2.05) is 18.2 Å². The molecular weight excluding hydrogens is 230 g/mol. The molecule has 1 aliphatic heterocycles. The molecule has 0 radical (unpaired) electrons. The number of ether oxygens (including phenoxy) is 2. The Bertz CT molecular complexity index is 529. The van der Waals surface area contributed by atoms with Gasteiger partial charge in [0.2, 0.25) is 0 Å². The number of para-hydroxylation sites is 1. The van der Waals surface area contributed by atoms with Crippen molar-refractivity contribution in [2.24, 2.45) is 0 Å². The summed E-state index contributed by atoms with van der Waals surface area (Å²) in [5.74, 6) is 1.71. The molecule has 0 aliphatic carbocycles. The Morgan fingerprint density at radius 2 is 2.39 bits per heavy atom. The molecule has 0 bridgehead atoms. The molecule has 96 valence electrons. The highest BCUT2D eigenvalue weighted by molar-refractivity contribution is 5.83. The van der Waals surface area contributed by atoms with Gasteiger partial charge in [0.25, 0.3) is 0 Å². The first kappa shape index (κ1) is 11.6. The molecular formula is C14H17NO3. The fourth-order valence-electron chi connectivity index (χ4n) is 2.28. The van der Waals surface area contributed by atoms with Crippen LogP contribution >= 0.6 is 0 Å². The summed E-state index contributed by atoms with van der Waals surface area (Å²) in [5, 5.41) is 4.51. The van der Waals surface area contributed by atoms with E-state index in [4.69, 9.17) is 13.9 Å². The molecule has 1 atom stereocenters. The number of rotatable bonds is 4. The number of hydrogen-bond acceptors (Lipinski definition) is 4. The highest BCUT2D eigenvalue weighted by Gasteiger charge is 2.15. The lowest BCUT2D eigenvalue weighted by Gasteiger charge is -2.07. The summed E-state index contributed by atoms with van der Waals surface area (Å²) >= 11 is 0. The molecule has 1 fully saturated rings. The van der Waals surface area contributed by atoms with Crippen LogP contribution in [0.15, 0.2) is 28.7 Å². The predicted molar refractivity (Wildman–Crippen MR) is 68.8 cm³/mol. The first-order valence-electron chi connectivity index (χ1n) is 6.23. The molecule has 2 aromatic rings. The van der Waals surface area contributed by atoms with Gasteiger partial charge in [0.15, 0.2) is 11.3 Å². The lowest BCUT2D eigenvalue weighted by molar-refractivity contribution is 0.189. The van der Waals surface area contributed by atoms with Gasteiger partial charge >= 0.3 is 0 Å². The number of hydrogen-bond donors (Lipinski definition) is 1. The molecule has 1 unspecified atom stereocenters. The molecule has 1 saturated heterocycles. The molecule has 1 N–H and O–H groups in total. The zero-order valence-corrected chi connectivity index (χ0v) is 10.4. The van der Waals surface area contributed by atoms with E-state index in [0.717, 1.165) is 48.7 Å². The van der Waals surface area contributed by atoms with Crippen LogP contribution in [-0.4, -0.2) is 26.4 Å². The summed E-state index contributed by atoms with van der Waals surface area (Å²) in [6, 6.07) is 8.41. The van der Waals surface area contributed by atoms with Crippen LogP contribution < -0.4 is 10.1 Å². The van der Waals surface area contributed by atoms with Crippen molar-refractivity contribution >= 4 is 11.0 Å². The zero-order valence-electron chi connectivity index (χ0n) is 10.4. The zero-order chi connectivity index (χ0) is 12.4. The minimum Gasteiger partial charge on any atom is -0.493 e. The van der Waals surface area contributed by atoms with Crippen molar-refractivity contribution < 1.29 is 13.9 Å². The number of furan rings is 1. The molecule has 3 rings (SSSR count). The third-order valence-electron chi connectivity index (χ3n) is 3.27. The topological polar surface area (TPSA) is 43.6 Å². The van der Waals surface area contributed by atoms with Crippen LogP contribution in [0.5, 0.6) is 5.75 Å². The van der Waals surface area contributed by atoms with Crippen LogP contribution in [0, 0.1) is 0 Å². The van der Waals surface area contributed by atoms with Crippen molar-refractivity contribution in [1.82, 2.24) is 5.32 Å². The number of benzene rings is 1. The summed E-state index contributed by atoms with van der Waals surface area (Å²) in [6.07, 6.45) is 1.07. The molecule has 2 heterocycles. The van der Waals surface area contributed by atoms with E-state index in [2.05, 4.69) is 11.4 Å². The fraction of sp³-hybridized carbons (Fsp3) is 0.429. The summed E-state index contributed by atoms with van der Waals surface area (Å²) in [5.41, 5.74) is 0.819. The Balaban J connectivity index is 1.76. The molecule has 1 aromatic heterocycles.